The minimum absolute atomic E-state index is 0.153. The second-order valence-corrected chi connectivity index (χ2v) is 7.72. The first-order valence-electron chi connectivity index (χ1n) is 9.67. The van der Waals surface area contributed by atoms with Gasteiger partial charge >= 0.3 is 0 Å². The Morgan fingerprint density at radius 3 is 2.50 bits per heavy atom. The first-order valence-corrected chi connectivity index (χ1v) is 11.1. The number of pyridine rings is 1. The molecule has 2 aromatic heterocycles. The van der Waals surface area contributed by atoms with E-state index in [1.165, 1.54) is 0 Å². The molecular formula is C23H22N4O2S. The number of thioether (sulfide) groups is 1. The summed E-state index contributed by atoms with van der Waals surface area (Å²) >= 11 is 1.73. The monoisotopic (exact) mass is 418 g/mol. The highest BCUT2D eigenvalue weighted by atomic mass is 32.2. The predicted octanol–water partition coefficient (Wildman–Crippen LogP) is 4.75. The smallest absolute Gasteiger partial charge is 0.251 e. The van der Waals surface area contributed by atoms with Crippen molar-refractivity contribution in [3.63, 3.8) is 0 Å². The molecular weight excluding hydrogens is 396 g/mol. The minimum Gasteiger partial charge on any atom is -0.457 e. The third kappa shape index (κ3) is 4.63. The molecule has 0 aliphatic rings. The Labute approximate surface area is 179 Å². The van der Waals surface area contributed by atoms with E-state index in [1.54, 1.807) is 36.0 Å². The van der Waals surface area contributed by atoms with Crippen molar-refractivity contribution in [2.24, 2.45) is 0 Å². The van der Waals surface area contributed by atoms with Crippen LogP contribution in [0.4, 0.5) is 0 Å². The van der Waals surface area contributed by atoms with Crippen LogP contribution in [0.15, 0.2) is 79.0 Å². The Hall–Kier alpha value is -3.32. The van der Waals surface area contributed by atoms with Crippen LogP contribution >= 0.6 is 11.8 Å². The average molecular weight is 419 g/mol. The maximum absolute atomic E-state index is 12.9. The number of fused-ring (bicyclic) bond motifs is 1. The molecule has 6 nitrogen and oxygen atoms in total. The number of benzene rings is 2. The van der Waals surface area contributed by atoms with Crippen LogP contribution in [0.5, 0.6) is 11.5 Å². The van der Waals surface area contributed by atoms with Gasteiger partial charge in [-0.3, -0.25) is 9.20 Å². The topological polar surface area (TPSA) is 68.5 Å². The van der Waals surface area contributed by atoms with Crippen molar-refractivity contribution < 1.29 is 9.53 Å². The molecule has 0 spiro atoms. The highest BCUT2D eigenvalue weighted by Gasteiger charge is 2.21. The van der Waals surface area contributed by atoms with Crippen molar-refractivity contribution in [2.45, 2.75) is 12.5 Å². The van der Waals surface area contributed by atoms with E-state index in [9.17, 15) is 4.79 Å². The lowest BCUT2D eigenvalue weighted by Crippen LogP contribution is -2.30. The largest absolute Gasteiger partial charge is 0.457 e. The number of carbonyl (C=O) groups excluding carboxylic acids is 1. The van der Waals surface area contributed by atoms with Crippen molar-refractivity contribution in [3.05, 3.63) is 90.4 Å². The van der Waals surface area contributed by atoms with E-state index in [4.69, 9.17) is 4.74 Å². The van der Waals surface area contributed by atoms with E-state index >= 15 is 0 Å². The van der Waals surface area contributed by atoms with Crippen molar-refractivity contribution in [1.29, 1.82) is 0 Å². The summed E-state index contributed by atoms with van der Waals surface area (Å²) in [5.41, 5.74) is 1.33. The third-order valence-corrected chi connectivity index (χ3v) is 5.31. The normalized spacial score (nSPS) is 11.9. The lowest BCUT2D eigenvalue weighted by molar-refractivity contribution is 0.0934. The zero-order valence-electron chi connectivity index (χ0n) is 16.6. The number of ether oxygens (including phenoxy) is 1. The molecule has 1 amide bonds. The number of amides is 1. The Balaban J connectivity index is 1.49. The highest BCUT2D eigenvalue weighted by molar-refractivity contribution is 7.98. The molecule has 7 heteroatoms. The second kappa shape index (κ2) is 9.45. The molecule has 1 atom stereocenters. The van der Waals surface area contributed by atoms with Gasteiger partial charge in [0.15, 0.2) is 11.5 Å². The zero-order valence-corrected chi connectivity index (χ0v) is 17.4. The Morgan fingerprint density at radius 2 is 1.73 bits per heavy atom. The second-order valence-electron chi connectivity index (χ2n) is 6.73. The summed E-state index contributed by atoms with van der Waals surface area (Å²) in [5, 5.41) is 11.7. The van der Waals surface area contributed by atoms with Crippen LogP contribution in [0, 0.1) is 0 Å². The van der Waals surface area contributed by atoms with Gasteiger partial charge in [0.05, 0.1) is 6.04 Å². The number of rotatable bonds is 8. The predicted molar refractivity (Wildman–Crippen MR) is 119 cm³/mol. The summed E-state index contributed by atoms with van der Waals surface area (Å²) in [7, 11) is 0. The summed E-state index contributed by atoms with van der Waals surface area (Å²) in [4.78, 5) is 12.9. The first kappa shape index (κ1) is 20.0. The van der Waals surface area contributed by atoms with Gasteiger partial charge in [-0.2, -0.15) is 11.8 Å². The summed E-state index contributed by atoms with van der Waals surface area (Å²) in [6.07, 6.45) is 4.72. The standard InChI is InChI=1S/C23H22N4O2S/c1-30-16-14-20(22-26-25-21-9-5-6-15-27(21)22)24-23(28)17-10-12-19(13-11-17)29-18-7-3-2-4-8-18/h2-13,15,20H,14,16H2,1H3,(H,24,28)/t20-/m1/s1. The van der Waals surface area contributed by atoms with E-state index < -0.39 is 0 Å². The molecule has 2 heterocycles. The van der Waals surface area contributed by atoms with Gasteiger partial charge < -0.3 is 10.1 Å². The van der Waals surface area contributed by atoms with Crippen molar-refractivity contribution >= 4 is 23.3 Å². The SMILES string of the molecule is CSCC[C@@H](NC(=O)c1ccc(Oc2ccccc2)cc1)c1nnc2ccccn12. The molecule has 1 N–H and O–H groups in total. The van der Waals surface area contributed by atoms with Crippen LogP contribution < -0.4 is 10.1 Å². The lowest BCUT2D eigenvalue weighted by Gasteiger charge is -2.17. The molecule has 0 aliphatic carbocycles. The number of para-hydroxylation sites is 1. The quantitative estimate of drug-likeness (QED) is 0.447. The third-order valence-electron chi connectivity index (χ3n) is 4.66. The Kier molecular flexibility index (Phi) is 6.29. The zero-order chi connectivity index (χ0) is 20.8. The fourth-order valence-electron chi connectivity index (χ4n) is 3.14. The van der Waals surface area contributed by atoms with Crippen molar-refractivity contribution in [2.75, 3.05) is 12.0 Å². The van der Waals surface area contributed by atoms with Gasteiger partial charge in [0.1, 0.15) is 11.5 Å². The Bertz CT molecular complexity index is 1110. The molecule has 4 aromatic rings. The summed E-state index contributed by atoms with van der Waals surface area (Å²) < 4.78 is 7.72. The number of hydrogen-bond donors (Lipinski definition) is 1. The van der Waals surface area contributed by atoms with Gasteiger partial charge in [0.2, 0.25) is 0 Å². The van der Waals surface area contributed by atoms with Crippen molar-refractivity contribution in [1.82, 2.24) is 19.9 Å². The van der Waals surface area contributed by atoms with Crippen LogP contribution in [0.3, 0.4) is 0 Å². The lowest BCUT2D eigenvalue weighted by atomic mass is 10.1. The molecule has 0 saturated carbocycles. The molecule has 0 saturated heterocycles. The molecule has 0 bridgehead atoms. The van der Waals surface area contributed by atoms with E-state index in [-0.39, 0.29) is 11.9 Å². The number of nitrogens with one attached hydrogen (secondary N) is 1. The van der Waals surface area contributed by atoms with Crippen LogP contribution in [0.25, 0.3) is 5.65 Å². The van der Waals surface area contributed by atoms with Crippen LogP contribution in [0.2, 0.25) is 0 Å². The fourth-order valence-corrected chi connectivity index (χ4v) is 3.61. The maximum atomic E-state index is 12.9. The molecule has 0 unspecified atom stereocenters. The highest BCUT2D eigenvalue weighted by Crippen LogP contribution is 2.22. The fraction of sp³-hybridized carbons (Fsp3) is 0.174. The number of nitrogens with zero attached hydrogens (tertiary/aromatic N) is 3. The molecule has 30 heavy (non-hydrogen) atoms. The van der Waals surface area contributed by atoms with Crippen LogP contribution in [-0.2, 0) is 0 Å². The Morgan fingerprint density at radius 1 is 1.00 bits per heavy atom. The number of hydrogen-bond acceptors (Lipinski definition) is 5. The van der Waals surface area contributed by atoms with E-state index in [0.29, 0.717) is 11.3 Å². The van der Waals surface area contributed by atoms with Gasteiger partial charge in [-0.25, -0.2) is 0 Å². The first-order chi connectivity index (χ1) is 14.7. The van der Waals surface area contributed by atoms with Gasteiger partial charge in [0, 0.05) is 11.8 Å². The van der Waals surface area contributed by atoms with Gasteiger partial charge in [0.25, 0.3) is 5.91 Å². The molecule has 0 fully saturated rings. The van der Waals surface area contributed by atoms with Crippen molar-refractivity contribution in [3.8, 4) is 11.5 Å². The van der Waals surface area contributed by atoms with Crippen LogP contribution in [-0.4, -0.2) is 32.5 Å². The molecule has 2 aromatic carbocycles. The van der Waals surface area contributed by atoms with E-state index in [2.05, 4.69) is 15.5 Å². The summed E-state index contributed by atoms with van der Waals surface area (Å²) in [5.74, 6) is 2.92. The average Bonchev–Trinajstić information content (AvgIpc) is 3.22. The summed E-state index contributed by atoms with van der Waals surface area (Å²) in [6, 6.07) is 22.2. The van der Waals surface area contributed by atoms with Gasteiger partial charge in [-0.1, -0.05) is 24.3 Å². The van der Waals surface area contributed by atoms with Crippen LogP contribution in [0.1, 0.15) is 28.6 Å². The molecule has 4 rings (SSSR count). The minimum atomic E-state index is -0.234. The maximum Gasteiger partial charge on any atom is 0.251 e. The molecule has 0 aliphatic heterocycles. The van der Waals surface area contributed by atoms with E-state index in [0.717, 1.165) is 29.4 Å². The van der Waals surface area contributed by atoms with Gasteiger partial charge in [-0.15, -0.1) is 10.2 Å². The molecule has 0 radical (unpaired) electrons. The van der Waals surface area contributed by atoms with Gasteiger partial charge in [-0.05, 0) is 67.0 Å². The van der Waals surface area contributed by atoms with E-state index in [1.807, 2.05) is 65.4 Å². The number of carbonyl (C=O) groups is 1. The summed E-state index contributed by atoms with van der Waals surface area (Å²) in [6.45, 7) is 0. The molecule has 152 valence electrons. The number of aromatic nitrogens is 3.